The van der Waals surface area contributed by atoms with Gasteiger partial charge in [0.15, 0.2) is 0 Å². The van der Waals surface area contributed by atoms with Gasteiger partial charge in [-0.25, -0.2) is 0 Å². The second-order valence-corrected chi connectivity index (χ2v) is 6.67. The minimum absolute atomic E-state index is 0.113. The number of unbranched alkanes of at least 4 members (excludes halogenated alkanes) is 3. The van der Waals surface area contributed by atoms with Crippen LogP contribution in [0.3, 0.4) is 0 Å². The van der Waals surface area contributed by atoms with Crippen LogP contribution >= 0.6 is 0 Å². The van der Waals surface area contributed by atoms with Crippen molar-refractivity contribution < 1.29 is 19.3 Å². The summed E-state index contributed by atoms with van der Waals surface area (Å²) in [6.45, 7) is 1.02. The van der Waals surface area contributed by atoms with Crippen molar-refractivity contribution in [3.63, 3.8) is 0 Å². The molecule has 0 heterocycles. The van der Waals surface area contributed by atoms with Crippen LogP contribution in [-0.2, 0) is 15.9 Å². The molecular weight excluding hydrogens is 328 g/mol. The zero-order valence-electron chi connectivity index (χ0n) is 16.0. The van der Waals surface area contributed by atoms with E-state index in [-0.39, 0.29) is 12.7 Å². The number of methoxy groups -OCH3 is 2. The first-order valence-electron chi connectivity index (χ1n) is 9.56. The number of benzene rings is 1. The van der Waals surface area contributed by atoms with Gasteiger partial charge in [0.2, 0.25) is 0 Å². The maximum atomic E-state index is 8.76. The summed E-state index contributed by atoms with van der Waals surface area (Å²) in [7, 11) is 3.45. The monoisotopic (exact) mass is 360 g/mol. The van der Waals surface area contributed by atoms with Gasteiger partial charge in [-0.15, -0.1) is 0 Å². The molecule has 144 valence electrons. The van der Waals surface area contributed by atoms with Crippen molar-refractivity contribution in [3.8, 4) is 5.75 Å². The molecule has 0 spiro atoms. The average molecular weight is 360 g/mol. The summed E-state index contributed by atoms with van der Waals surface area (Å²) in [5, 5.41) is 8.76. The molecule has 1 aromatic carbocycles. The van der Waals surface area contributed by atoms with Gasteiger partial charge in [0.1, 0.15) is 11.5 Å². The van der Waals surface area contributed by atoms with Crippen LogP contribution in [0.4, 0.5) is 0 Å². The molecule has 2 rings (SSSR count). The predicted octanol–water partition coefficient (Wildman–Crippen LogP) is 4.28. The van der Waals surface area contributed by atoms with Crippen molar-refractivity contribution in [1.82, 2.24) is 0 Å². The molecule has 26 heavy (non-hydrogen) atoms. The highest BCUT2D eigenvalue weighted by atomic mass is 16.5. The van der Waals surface area contributed by atoms with Gasteiger partial charge in [-0.05, 0) is 62.0 Å². The topological polar surface area (TPSA) is 47.9 Å². The number of allylic oxidation sites excluding steroid dienone is 1. The Bertz CT molecular complexity index is 562. The summed E-state index contributed by atoms with van der Waals surface area (Å²) in [5.41, 5.74) is 1.30. The first-order chi connectivity index (χ1) is 12.8. The van der Waals surface area contributed by atoms with Gasteiger partial charge in [0, 0.05) is 19.6 Å². The van der Waals surface area contributed by atoms with E-state index in [1.807, 2.05) is 18.2 Å². The van der Waals surface area contributed by atoms with E-state index in [0.717, 1.165) is 56.6 Å². The third kappa shape index (κ3) is 6.85. The van der Waals surface area contributed by atoms with Gasteiger partial charge >= 0.3 is 0 Å². The molecule has 0 radical (unpaired) electrons. The first kappa shape index (κ1) is 20.5. The summed E-state index contributed by atoms with van der Waals surface area (Å²) in [6, 6.07) is 8.38. The molecule has 1 aromatic rings. The van der Waals surface area contributed by atoms with E-state index >= 15 is 0 Å². The molecule has 2 atom stereocenters. The fourth-order valence-corrected chi connectivity index (χ4v) is 3.17. The Labute approximate surface area is 157 Å². The van der Waals surface area contributed by atoms with Crippen LogP contribution < -0.4 is 4.74 Å². The van der Waals surface area contributed by atoms with Crippen molar-refractivity contribution in [3.05, 3.63) is 53.8 Å². The largest absolute Gasteiger partial charge is 0.497 e. The van der Waals surface area contributed by atoms with Crippen molar-refractivity contribution in [2.75, 3.05) is 27.4 Å². The summed E-state index contributed by atoms with van der Waals surface area (Å²) in [5.74, 6) is 2.16. The van der Waals surface area contributed by atoms with Gasteiger partial charge in [-0.1, -0.05) is 24.6 Å². The Morgan fingerprint density at radius 1 is 1.00 bits per heavy atom. The molecule has 0 aromatic heterocycles. The number of aryl methyl sites for hydroxylation is 1. The molecule has 1 unspecified atom stereocenters. The predicted molar refractivity (Wildman–Crippen MR) is 104 cm³/mol. The highest BCUT2D eigenvalue weighted by Crippen LogP contribution is 2.25. The Balaban J connectivity index is 1.74. The molecular formula is C22H32O4. The third-order valence-corrected chi connectivity index (χ3v) is 4.77. The minimum Gasteiger partial charge on any atom is -0.497 e. The lowest BCUT2D eigenvalue weighted by atomic mass is 9.90. The zero-order valence-corrected chi connectivity index (χ0v) is 16.0. The van der Waals surface area contributed by atoms with Gasteiger partial charge in [-0.2, -0.15) is 0 Å². The maximum Gasteiger partial charge on any atom is 0.119 e. The number of ether oxygens (including phenoxy) is 3. The molecule has 1 aliphatic rings. The molecule has 4 heteroatoms. The second kappa shape index (κ2) is 11.8. The highest BCUT2D eigenvalue weighted by molar-refractivity contribution is 5.28. The van der Waals surface area contributed by atoms with E-state index < -0.39 is 0 Å². The lowest BCUT2D eigenvalue weighted by Crippen LogP contribution is -2.22. The number of rotatable bonds is 12. The first-order valence-corrected chi connectivity index (χ1v) is 9.56. The standard InChI is InChI=1S/C22H32O4/c1-24-21-13-14-22(25-2)19(17-21)10-7-18-8-11-20(12-9-18)26-16-6-4-3-5-15-23/h8-9,11-14,17,19,22-23H,3-7,10,15-16H2,1-2H3/t19?,22-/m1/s1. The van der Waals surface area contributed by atoms with Crippen molar-refractivity contribution in [1.29, 1.82) is 0 Å². The van der Waals surface area contributed by atoms with Crippen LogP contribution in [0.1, 0.15) is 37.7 Å². The Hall–Kier alpha value is -1.78. The number of aliphatic hydroxyl groups excluding tert-OH is 1. The highest BCUT2D eigenvalue weighted by Gasteiger charge is 2.20. The lowest BCUT2D eigenvalue weighted by Gasteiger charge is -2.24. The molecule has 0 saturated carbocycles. The van der Waals surface area contributed by atoms with Gasteiger partial charge in [0.25, 0.3) is 0 Å². The Kier molecular flexibility index (Phi) is 9.29. The molecule has 0 aliphatic heterocycles. The van der Waals surface area contributed by atoms with E-state index in [4.69, 9.17) is 19.3 Å². The van der Waals surface area contributed by atoms with Crippen molar-refractivity contribution >= 4 is 0 Å². The number of hydrogen-bond donors (Lipinski definition) is 1. The molecule has 4 nitrogen and oxygen atoms in total. The van der Waals surface area contributed by atoms with Gasteiger partial charge < -0.3 is 19.3 Å². The third-order valence-electron chi connectivity index (χ3n) is 4.77. The van der Waals surface area contributed by atoms with Gasteiger partial charge in [0.05, 0.1) is 19.8 Å². The SMILES string of the molecule is COC1=CC(CCc2ccc(OCCCCCCO)cc2)[C@H](OC)C=C1. The summed E-state index contributed by atoms with van der Waals surface area (Å²) in [6.07, 6.45) is 12.4. The smallest absolute Gasteiger partial charge is 0.119 e. The molecule has 0 bridgehead atoms. The van der Waals surface area contributed by atoms with E-state index in [1.165, 1.54) is 5.56 Å². The van der Waals surface area contributed by atoms with Crippen LogP contribution in [0.5, 0.6) is 5.75 Å². The molecule has 0 saturated heterocycles. The minimum atomic E-state index is 0.113. The summed E-state index contributed by atoms with van der Waals surface area (Å²) >= 11 is 0. The van der Waals surface area contributed by atoms with Crippen LogP contribution in [0, 0.1) is 5.92 Å². The van der Waals surface area contributed by atoms with Crippen LogP contribution in [0.25, 0.3) is 0 Å². The lowest BCUT2D eigenvalue weighted by molar-refractivity contribution is 0.0988. The average Bonchev–Trinajstić information content (AvgIpc) is 2.69. The summed E-state index contributed by atoms with van der Waals surface area (Å²) in [4.78, 5) is 0. The van der Waals surface area contributed by atoms with Crippen molar-refractivity contribution in [2.45, 2.75) is 44.6 Å². The Morgan fingerprint density at radius 3 is 2.46 bits per heavy atom. The van der Waals surface area contributed by atoms with Crippen LogP contribution in [0.15, 0.2) is 48.3 Å². The van der Waals surface area contributed by atoms with E-state index in [9.17, 15) is 0 Å². The maximum absolute atomic E-state index is 8.76. The van der Waals surface area contributed by atoms with E-state index in [2.05, 4.69) is 24.3 Å². The molecule has 0 fully saturated rings. The second-order valence-electron chi connectivity index (χ2n) is 6.67. The fourth-order valence-electron chi connectivity index (χ4n) is 3.17. The fraction of sp³-hybridized carbons (Fsp3) is 0.545. The van der Waals surface area contributed by atoms with Crippen molar-refractivity contribution in [2.24, 2.45) is 5.92 Å². The van der Waals surface area contributed by atoms with Gasteiger partial charge in [-0.3, -0.25) is 0 Å². The molecule has 1 N–H and O–H groups in total. The van der Waals surface area contributed by atoms with E-state index in [1.54, 1.807) is 14.2 Å². The number of aliphatic hydroxyl groups is 1. The van der Waals surface area contributed by atoms with Crippen LogP contribution in [0.2, 0.25) is 0 Å². The zero-order chi connectivity index (χ0) is 18.6. The Morgan fingerprint density at radius 2 is 1.77 bits per heavy atom. The molecule has 1 aliphatic carbocycles. The van der Waals surface area contributed by atoms with E-state index in [0.29, 0.717) is 5.92 Å². The quantitative estimate of drug-likeness (QED) is 0.565. The molecule has 0 amide bonds. The normalized spacial score (nSPS) is 19.3. The van der Waals surface area contributed by atoms with Crippen LogP contribution in [-0.4, -0.2) is 38.6 Å². The number of hydrogen-bond acceptors (Lipinski definition) is 4. The summed E-state index contributed by atoms with van der Waals surface area (Å²) < 4.78 is 16.7.